The molecule has 0 aliphatic heterocycles. The van der Waals surface area contributed by atoms with Gasteiger partial charge in [0, 0.05) is 17.8 Å². The first-order valence-electron chi connectivity index (χ1n) is 9.68. The first-order valence-corrected chi connectivity index (χ1v) is 11.5. The van der Waals surface area contributed by atoms with Gasteiger partial charge >= 0.3 is 0 Å². The van der Waals surface area contributed by atoms with E-state index in [0.717, 1.165) is 22.7 Å². The van der Waals surface area contributed by atoms with Crippen LogP contribution >= 0.6 is 0 Å². The Kier molecular flexibility index (Phi) is 7.17. The number of hydrogen-bond acceptors (Lipinski definition) is 5. The van der Waals surface area contributed by atoms with Gasteiger partial charge in [0.2, 0.25) is 10.0 Å². The number of carbonyl (C=O) groups is 1. The van der Waals surface area contributed by atoms with Crippen LogP contribution in [-0.2, 0) is 16.6 Å². The van der Waals surface area contributed by atoms with Gasteiger partial charge in [-0.3, -0.25) is 9.10 Å². The molecule has 0 radical (unpaired) electrons. The van der Waals surface area contributed by atoms with Crippen LogP contribution in [0.2, 0.25) is 0 Å². The molecular formula is C23H22F2N2O5S. The number of nitrogens with zero attached hydrogens (tertiary/aromatic N) is 1. The summed E-state index contributed by atoms with van der Waals surface area (Å²) in [5, 5.41) is 2.46. The lowest BCUT2D eigenvalue weighted by atomic mass is 10.1. The van der Waals surface area contributed by atoms with Gasteiger partial charge in [0.15, 0.2) is 23.1 Å². The summed E-state index contributed by atoms with van der Waals surface area (Å²) in [6, 6.07) is 14.4. The molecule has 0 heterocycles. The molecule has 0 aromatic heterocycles. The third-order valence-corrected chi connectivity index (χ3v) is 5.89. The van der Waals surface area contributed by atoms with Gasteiger partial charge < -0.3 is 14.8 Å². The number of sulfonamides is 1. The Hall–Kier alpha value is -3.66. The number of carbonyl (C=O) groups excluding carboxylic acids is 1. The second-order valence-electron chi connectivity index (χ2n) is 7.06. The molecule has 7 nitrogen and oxygen atoms in total. The summed E-state index contributed by atoms with van der Waals surface area (Å²) in [5.41, 5.74) is 0.635. The molecule has 10 heteroatoms. The molecule has 0 bridgehead atoms. The average molecular weight is 477 g/mol. The van der Waals surface area contributed by atoms with Crippen molar-refractivity contribution < 1.29 is 31.5 Å². The summed E-state index contributed by atoms with van der Waals surface area (Å²) in [7, 11) is -1.11. The van der Waals surface area contributed by atoms with Crippen LogP contribution in [0.4, 0.5) is 20.2 Å². The Morgan fingerprint density at radius 3 is 2.15 bits per heavy atom. The molecule has 0 aliphatic carbocycles. The van der Waals surface area contributed by atoms with Gasteiger partial charge in [0.25, 0.3) is 5.91 Å². The van der Waals surface area contributed by atoms with Crippen molar-refractivity contribution in [2.45, 2.75) is 6.54 Å². The summed E-state index contributed by atoms with van der Waals surface area (Å²) in [6.07, 6.45) is 1.02. The van der Waals surface area contributed by atoms with Crippen LogP contribution in [0.15, 0.2) is 60.7 Å². The normalized spacial score (nSPS) is 11.1. The van der Waals surface area contributed by atoms with E-state index >= 15 is 0 Å². The van der Waals surface area contributed by atoms with Gasteiger partial charge in [-0.15, -0.1) is 0 Å². The minimum absolute atomic E-state index is 0.00593. The lowest BCUT2D eigenvalue weighted by molar-refractivity contribution is 0.102. The molecule has 0 fully saturated rings. The molecule has 1 amide bonds. The van der Waals surface area contributed by atoms with Crippen molar-refractivity contribution >= 4 is 27.3 Å². The van der Waals surface area contributed by atoms with E-state index < -0.39 is 27.6 Å². The van der Waals surface area contributed by atoms with Crippen molar-refractivity contribution in [2.75, 3.05) is 30.1 Å². The minimum atomic E-state index is -3.85. The van der Waals surface area contributed by atoms with E-state index in [1.165, 1.54) is 32.4 Å². The summed E-state index contributed by atoms with van der Waals surface area (Å²) in [4.78, 5) is 13.1. The van der Waals surface area contributed by atoms with Crippen molar-refractivity contribution in [3.63, 3.8) is 0 Å². The van der Waals surface area contributed by atoms with E-state index in [9.17, 15) is 22.0 Å². The quantitative estimate of drug-likeness (QED) is 0.527. The van der Waals surface area contributed by atoms with Crippen molar-refractivity contribution in [3.8, 4) is 11.5 Å². The van der Waals surface area contributed by atoms with Crippen molar-refractivity contribution in [2.24, 2.45) is 0 Å². The predicted octanol–water partition coefficient (Wildman–Crippen LogP) is 4.20. The zero-order valence-electron chi connectivity index (χ0n) is 18.1. The number of amides is 1. The molecule has 1 N–H and O–H groups in total. The Morgan fingerprint density at radius 1 is 0.939 bits per heavy atom. The number of benzene rings is 3. The third-order valence-electron chi connectivity index (χ3n) is 4.76. The minimum Gasteiger partial charge on any atom is -0.493 e. The highest BCUT2D eigenvalue weighted by atomic mass is 32.2. The predicted molar refractivity (Wildman–Crippen MR) is 121 cm³/mol. The smallest absolute Gasteiger partial charge is 0.257 e. The summed E-state index contributed by atoms with van der Waals surface area (Å²) in [6.45, 7) is -0.0549. The van der Waals surface area contributed by atoms with Crippen LogP contribution in [0, 0.1) is 11.6 Å². The van der Waals surface area contributed by atoms with E-state index in [1.807, 2.05) is 0 Å². The molecule has 174 valence electrons. The topological polar surface area (TPSA) is 84.9 Å². The van der Waals surface area contributed by atoms with E-state index in [1.54, 1.807) is 30.3 Å². The fraction of sp³-hybridized carbons (Fsp3) is 0.174. The second kappa shape index (κ2) is 9.86. The van der Waals surface area contributed by atoms with Gasteiger partial charge in [-0.25, -0.2) is 17.2 Å². The monoisotopic (exact) mass is 476 g/mol. The number of hydrogen-bond donors (Lipinski definition) is 1. The van der Waals surface area contributed by atoms with E-state index in [0.29, 0.717) is 5.56 Å². The van der Waals surface area contributed by atoms with Crippen LogP contribution in [0.25, 0.3) is 0 Å². The zero-order valence-corrected chi connectivity index (χ0v) is 18.9. The SMILES string of the molecule is COc1cc(C(=O)Nc2ccc(F)c(F)c2)c(N(Cc2ccccc2)S(C)(=O)=O)cc1OC. The Balaban J connectivity index is 2.13. The first-order chi connectivity index (χ1) is 15.6. The Bertz CT molecular complexity index is 1270. The van der Waals surface area contributed by atoms with Crippen molar-refractivity contribution in [1.29, 1.82) is 0 Å². The fourth-order valence-corrected chi connectivity index (χ4v) is 4.05. The molecule has 3 aromatic carbocycles. The summed E-state index contributed by atoms with van der Waals surface area (Å²) >= 11 is 0. The highest BCUT2D eigenvalue weighted by molar-refractivity contribution is 7.92. The molecule has 0 unspecified atom stereocenters. The van der Waals surface area contributed by atoms with E-state index in [2.05, 4.69) is 5.32 Å². The largest absolute Gasteiger partial charge is 0.493 e. The Labute approximate surface area is 190 Å². The highest BCUT2D eigenvalue weighted by Gasteiger charge is 2.27. The molecule has 0 saturated heterocycles. The molecule has 0 aliphatic rings. The number of methoxy groups -OCH3 is 2. The maximum Gasteiger partial charge on any atom is 0.257 e. The summed E-state index contributed by atoms with van der Waals surface area (Å²) in [5.74, 6) is -2.56. The molecule has 33 heavy (non-hydrogen) atoms. The van der Waals surface area contributed by atoms with Crippen LogP contribution in [0.3, 0.4) is 0 Å². The van der Waals surface area contributed by atoms with Gasteiger partial charge in [-0.1, -0.05) is 30.3 Å². The standard InChI is InChI=1S/C23H22F2N2O5S/c1-31-21-12-17(23(28)26-16-9-10-18(24)19(25)11-16)20(13-22(21)32-2)27(33(3,29)30)14-15-7-5-4-6-8-15/h4-13H,14H2,1-3H3,(H,26,28). The van der Waals surface area contributed by atoms with Gasteiger partial charge in [-0.05, 0) is 23.8 Å². The number of nitrogens with one attached hydrogen (secondary N) is 1. The van der Waals surface area contributed by atoms with Crippen LogP contribution in [0.1, 0.15) is 15.9 Å². The van der Waals surface area contributed by atoms with Gasteiger partial charge in [0.05, 0.1) is 38.3 Å². The molecule has 0 saturated carbocycles. The highest BCUT2D eigenvalue weighted by Crippen LogP contribution is 2.37. The number of anilines is 2. The van der Waals surface area contributed by atoms with Gasteiger partial charge in [-0.2, -0.15) is 0 Å². The maximum absolute atomic E-state index is 13.6. The maximum atomic E-state index is 13.6. The number of rotatable bonds is 8. The van der Waals surface area contributed by atoms with Crippen LogP contribution < -0.4 is 19.1 Å². The number of halogens is 2. The van der Waals surface area contributed by atoms with Crippen molar-refractivity contribution in [1.82, 2.24) is 0 Å². The van der Waals surface area contributed by atoms with Crippen LogP contribution in [0.5, 0.6) is 11.5 Å². The zero-order chi connectivity index (χ0) is 24.2. The number of ether oxygens (including phenoxy) is 2. The lowest BCUT2D eigenvalue weighted by Gasteiger charge is -2.26. The molecular weight excluding hydrogens is 454 g/mol. The van der Waals surface area contributed by atoms with Crippen molar-refractivity contribution in [3.05, 3.63) is 83.4 Å². The second-order valence-corrected chi connectivity index (χ2v) is 8.97. The average Bonchev–Trinajstić information content (AvgIpc) is 2.79. The lowest BCUT2D eigenvalue weighted by Crippen LogP contribution is -2.31. The molecule has 3 aromatic rings. The van der Waals surface area contributed by atoms with E-state index in [4.69, 9.17) is 9.47 Å². The first kappa shape index (κ1) is 24.0. The summed E-state index contributed by atoms with van der Waals surface area (Å²) < 4.78 is 64.0. The third kappa shape index (κ3) is 5.58. The Morgan fingerprint density at radius 2 is 1.58 bits per heavy atom. The molecule has 0 atom stereocenters. The van der Waals surface area contributed by atoms with Crippen LogP contribution in [-0.4, -0.2) is 34.8 Å². The van der Waals surface area contributed by atoms with Gasteiger partial charge in [0.1, 0.15) is 0 Å². The molecule has 0 spiro atoms. The van der Waals surface area contributed by atoms with E-state index in [-0.39, 0.29) is 35.0 Å². The molecule has 3 rings (SSSR count). The fourth-order valence-electron chi connectivity index (χ4n) is 3.16.